The Bertz CT molecular complexity index is 1810. The largest absolute Gasteiger partial charge is 0.504 e. The molecular formula is C29H25ClO19. The summed E-state index contributed by atoms with van der Waals surface area (Å²) >= 11 is 6.39. The Kier molecular flexibility index (Phi) is 8.38. The highest BCUT2D eigenvalue weighted by atomic mass is 35.5. The molecule has 19 nitrogen and oxygen atoms in total. The van der Waals surface area contributed by atoms with Crippen molar-refractivity contribution in [1.82, 2.24) is 0 Å². The first kappa shape index (κ1) is 34.7. The molecule has 2 saturated heterocycles. The van der Waals surface area contributed by atoms with E-state index in [0.29, 0.717) is 36.4 Å². The lowest BCUT2D eigenvalue weighted by molar-refractivity contribution is -0.319. The Morgan fingerprint density at radius 1 is 0.714 bits per heavy atom. The molecule has 0 bridgehead atoms. The molecule has 0 aromatic heterocycles. The van der Waals surface area contributed by atoms with Crippen LogP contribution in [0.3, 0.4) is 0 Å². The highest BCUT2D eigenvalue weighted by molar-refractivity contribution is 6.21. The number of phenols is 9. The second kappa shape index (κ2) is 11.8. The molecule has 6 atom stereocenters. The Morgan fingerprint density at radius 2 is 1.08 bits per heavy atom. The average molecular weight is 713 g/mol. The molecule has 2 aliphatic rings. The lowest BCUT2D eigenvalue weighted by Gasteiger charge is -2.47. The van der Waals surface area contributed by atoms with E-state index in [1.54, 1.807) is 0 Å². The number of benzene rings is 3. The van der Waals surface area contributed by atoms with Crippen LogP contribution in [0, 0.1) is 0 Å². The van der Waals surface area contributed by atoms with Gasteiger partial charge in [0.15, 0.2) is 51.7 Å². The van der Waals surface area contributed by atoms with E-state index in [9.17, 15) is 70.6 Å². The van der Waals surface area contributed by atoms with E-state index in [1.807, 2.05) is 0 Å². The summed E-state index contributed by atoms with van der Waals surface area (Å²) in [5, 5.41) is 109. The van der Waals surface area contributed by atoms with Crippen LogP contribution in [0.1, 0.15) is 38.0 Å². The molecule has 0 radical (unpaired) electrons. The van der Waals surface area contributed by atoms with Gasteiger partial charge in [0.25, 0.3) is 0 Å². The SMILES string of the molecule is CC(Cl)[C@]1(OC(=O)c2cc(O)c(O)c(O)c2)[C@H](O)[C@@H](COC(=O)c2cc(O)c(O)c(O)c2)O[C@]2(OC(=O)c3cc(O)c(O)c(O)c3)O[C@@]21O. The number of ether oxygens (including phenoxy) is 5. The zero-order chi connectivity index (χ0) is 36.4. The molecule has 2 fully saturated rings. The first-order valence-corrected chi connectivity index (χ1v) is 14.0. The number of hydrogen-bond acceptors (Lipinski definition) is 19. The Hall–Kier alpha value is -5.60. The first-order chi connectivity index (χ1) is 22.8. The zero-order valence-electron chi connectivity index (χ0n) is 24.5. The third kappa shape index (κ3) is 5.48. The highest BCUT2D eigenvalue weighted by Gasteiger charge is 2.93. The third-order valence-corrected chi connectivity index (χ3v) is 7.98. The molecular weight excluding hydrogens is 688 g/mol. The van der Waals surface area contributed by atoms with Gasteiger partial charge < -0.3 is 75.1 Å². The Morgan fingerprint density at radius 3 is 1.47 bits per heavy atom. The zero-order valence-corrected chi connectivity index (χ0v) is 25.2. The van der Waals surface area contributed by atoms with E-state index in [1.165, 1.54) is 0 Å². The lowest BCUT2D eigenvalue weighted by atomic mass is 9.80. The first-order valence-electron chi connectivity index (χ1n) is 13.6. The summed E-state index contributed by atoms with van der Waals surface area (Å²) in [4.78, 5) is 39.3. The van der Waals surface area contributed by atoms with Gasteiger partial charge in [-0.05, 0) is 43.3 Å². The number of phenolic OH excluding ortho intramolecular Hbond substituents is 9. The number of fused-ring (bicyclic) bond motifs is 1. The number of carbonyl (C=O) groups is 3. The number of aromatic hydroxyl groups is 9. The van der Waals surface area contributed by atoms with Crippen molar-refractivity contribution in [3.8, 4) is 51.7 Å². The van der Waals surface area contributed by atoms with Gasteiger partial charge in [-0.1, -0.05) is 0 Å². The van der Waals surface area contributed by atoms with Crippen molar-refractivity contribution < 1.29 is 94.2 Å². The van der Waals surface area contributed by atoms with E-state index in [2.05, 4.69) is 0 Å². The van der Waals surface area contributed by atoms with Crippen LogP contribution in [0.15, 0.2) is 36.4 Å². The number of hydrogen-bond donors (Lipinski definition) is 11. The van der Waals surface area contributed by atoms with Gasteiger partial charge in [0, 0.05) is 0 Å². The van der Waals surface area contributed by atoms with Crippen LogP contribution in [0.25, 0.3) is 0 Å². The second-order valence-corrected chi connectivity index (χ2v) is 11.4. The van der Waals surface area contributed by atoms with Crippen molar-refractivity contribution in [1.29, 1.82) is 0 Å². The quantitative estimate of drug-likeness (QED) is 0.0495. The average Bonchev–Trinajstić information content (AvgIpc) is 3.64. The van der Waals surface area contributed by atoms with Crippen molar-refractivity contribution in [3.63, 3.8) is 0 Å². The van der Waals surface area contributed by atoms with E-state index < -0.39 is 128 Å². The van der Waals surface area contributed by atoms with Crippen molar-refractivity contribution in [3.05, 3.63) is 53.1 Å². The van der Waals surface area contributed by atoms with Crippen molar-refractivity contribution in [2.24, 2.45) is 0 Å². The van der Waals surface area contributed by atoms with Crippen LogP contribution < -0.4 is 0 Å². The summed E-state index contributed by atoms with van der Waals surface area (Å²) in [6, 6.07) is 3.95. The molecule has 0 amide bonds. The van der Waals surface area contributed by atoms with Crippen molar-refractivity contribution >= 4 is 29.5 Å². The molecule has 1 unspecified atom stereocenters. The molecule has 5 rings (SSSR count). The molecule has 20 heteroatoms. The highest BCUT2D eigenvalue weighted by Crippen LogP contribution is 2.63. The number of epoxide rings is 1. The summed E-state index contributed by atoms with van der Waals surface area (Å²) in [7, 11) is 0. The van der Waals surface area contributed by atoms with E-state index in [0.717, 1.165) is 6.92 Å². The Balaban J connectivity index is 1.54. The second-order valence-electron chi connectivity index (χ2n) is 10.8. The maximum atomic E-state index is 13.4. The van der Waals surface area contributed by atoms with Crippen LogP contribution in [0.5, 0.6) is 51.7 Å². The van der Waals surface area contributed by atoms with Crippen LogP contribution in [-0.4, -0.2) is 116 Å². The summed E-state index contributed by atoms with van der Waals surface area (Å²) in [5.41, 5.74) is -4.83. The number of rotatable bonds is 8. The van der Waals surface area contributed by atoms with Gasteiger partial charge in [0.1, 0.15) is 18.8 Å². The van der Waals surface area contributed by atoms with Gasteiger partial charge in [-0.3, -0.25) is 4.74 Å². The van der Waals surface area contributed by atoms with Gasteiger partial charge in [0.05, 0.1) is 22.1 Å². The van der Waals surface area contributed by atoms with E-state index in [-0.39, 0.29) is 0 Å². The standard InChI is InChI=1S/C29H25ClO19/c1-9(30)27(47-25(42)11-4-15(33)21(38)16(34)5-11)23(40)19(8-45-24(41)10-2-13(31)20(37)14(32)3-10)46-29(28(27,44)49-29)48-26(43)12-6-17(35)22(39)18(36)7-12/h2-7,9,19,23,31-40,44H,8H2,1H3/t9?,19-,23-,27+,28-,29-/m1/s1. The van der Waals surface area contributed by atoms with Gasteiger partial charge in [-0.25, -0.2) is 14.4 Å². The molecule has 0 saturated carbocycles. The van der Waals surface area contributed by atoms with E-state index >= 15 is 0 Å². The minimum atomic E-state index is -3.21. The molecule has 262 valence electrons. The summed E-state index contributed by atoms with van der Waals surface area (Å²) < 4.78 is 26.6. The third-order valence-electron chi connectivity index (χ3n) is 7.66. The van der Waals surface area contributed by atoms with Crippen LogP contribution in [-0.2, 0) is 23.7 Å². The fraction of sp³-hybridized carbons (Fsp3) is 0.276. The minimum absolute atomic E-state index is 0.527. The van der Waals surface area contributed by atoms with Gasteiger partial charge in [0.2, 0.25) is 5.60 Å². The maximum Gasteiger partial charge on any atom is 0.395 e. The Labute approximate surface area is 277 Å². The van der Waals surface area contributed by atoms with Gasteiger partial charge in [-0.2, -0.15) is 0 Å². The van der Waals surface area contributed by atoms with Crippen LogP contribution in [0.2, 0.25) is 0 Å². The number of halogens is 1. The minimum Gasteiger partial charge on any atom is -0.504 e. The van der Waals surface area contributed by atoms with Crippen molar-refractivity contribution in [2.75, 3.05) is 6.61 Å². The predicted octanol–water partition coefficient (Wildman–Crippen LogP) is 0.406. The fourth-order valence-electron chi connectivity index (χ4n) is 5.09. The fourth-order valence-corrected chi connectivity index (χ4v) is 5.41. The maximum absolute atomic E-state index is 13.4. The number of aliphatic hydroxyl groups is 2. The number of aliphatic hydroxyl groups excluding tert-OH is 1. The number of esters is 3. The topological polar surface area (TPSA) is 323 Å². The summed E-state index contributed by atoms with van der Waals surface area (Å²) in [5.74, 6) is -19.4. The van der Waals surface area contributed by atoms with Gasteiger partial charge in [-0.15, -0.1) is 11.6 Å². The molecule has 3 aromatic rings. The smallest absolute Gasteiger partial charge is 0.395 e. The monoisotopic (exact) mass is 712 g/mol. The van der Waals surface area contributed by atoms with Crippen LogP contribution in [0.4, 0.5) is 0 Å². The number of carbonyl (C=O) groups excluding carboxylic acids is 3. The molecule has 3 aromatic carbocycles. The van der Waals surface area contributed by atoms with Gasteiger partial charge >= 0.3 is 29.7 Å². The number of alkyl halides is 1. The summed E-state index contributed by atoms with van der Waals surface area (Å²) in [6.45, 7) is 0.00805. The molecule has 11 N–H and O–H groups in total. The molecule has 0 spiro atoms. The van der Waals surface area contributed by atoms with Crippen LogP contribution >= 0.6 is 11.6 Å². The molecule has 2 heterocycles. The molecule has 0 aliphatic carbocycles. The molecule has 49 heavy (non-hydrogen) atoms. The molecule has 2 aliphatic heterocycles. The van der Waals surface area contributed by atoms with E-state index in [4.69, 9.17) is 35.3 Å². The predicted molar refractivity (Wildman–Crippen MR) is 153 cm³/mol. The van der Waals surface area contributed by atoms with Crippen molar-refractivity contribution in [2.45, 2.75) is 41.9 Å². The normalized spacial score (nSPS) is 26.2. The summed E-state index contributed by atoms with van der Waals surface area (Å²) in [6.07, 6.45) is -4.37. The lowest BCUT2D eigenvalue weighted by Crippen LogP contribution is -2.72.